The number of hydrogen-bond donors (Lipinski definition) is 0. The van der Waals surface area contributed by atoms with Gasteiger partial charge in [-0.05, 0) is 35.9 Å². The van der Waals surface area contributed by atoms with Gasteiger partial charge in [0, 0.05) is 56.1 Å². The summed E-state index contributed by atoms with van der Waals surface area (Å²) in [6, 6.07) is 15.4. The fourth-order valence-corrected chi connectivity index (χ4v) is 4.77. The summed E-state index contributed by atoms with van der Waals surface area (Å²) in [5.74, 6) is -2.71. The second-order valence-corrected chi connectivity index (χ2v) is 9.08. The lowest BCUT2D eigenvalue weighted by Gasteiger charge is -2.35. The predicted molar refractivity (Wildman–Crippen MR) is 133 cm³/mol. The molecule has 3 aromatic carbocycles. The van der Waals surface area contributed by atoms with Gasteiger partial charge < -0.3 is 14.5 Å². The third-order valence-corrected chi connectivity index (χ3v) is 6.62. The second-order valence-electron chi connectivity index (χ2n) is 9.08. The number of nitrogens with zero attached hydrogens (tertiary/aromatic N) is 3. The summed E-state index contributed by atoms with van der Waals surface area (Å²) in [4.78, 5) is 18.3. The lowest BCUT2D eigenvalue weighted by molar-refractivity contribution is -0.274. The zero-order valence-corrected chi connectivity index (χ0v) is 20.2. The van der Waals surface area contributed by atoms with Crippen LogP contribution in [0.4, 0.5) is 33.3 Å². The number of piperazine rings is 1. The molecule has 0 bridgehead atoms. The summed E-state index contributed by atoms with van der Waals surface area (Å²) in [6.07, 6.45) is -1.20. The Morgan fingerprint density at radius 1 is 0.895 bits per heavy atom. The van der Waals surface area contributed by atoms with Crippen molar-refractivity contribution in [3.05, 3.63) is 95.1 Å². The minimum Gasteiger partial charge on any atom is -0.404 e. The Morgan fingerprint density at radius 2 is 1.66 bits per heavy atom. The van der Waals surface area contributed by atoms with E-state index in [1.807, 2.05) is 35.3 Å². The number of carbonyl (C=O) groups is 1. The van der Waals surface area contributed by atoms with Crippen LogP contribution in [0, 0.1) is 11.6 Å². The van der Waals surface area contributed by atoms with E-state index in [1.165, 1.54) is 29.2 Å². The molecule has 0 radical (unpaired) electrons. The van der Waals surface area contributed by atoms with Crippen molar-refractivity contribution in [2.24, 2.45) is 0 Å². The van der Waals surface area contributed by atoms with E-state index in [0.717, 1.165) is 23.4 Å². The molecule has 0 aromatic heterocycles. The lowest BCUT2D eigenvalue weighted by atomic mass is 10.1. The number of carbonyl (C=O) groups excluding carboxylic acids is 1. The summed E-state index contributed by atoms with van der Waals surface area (Å²) in [6.45, 7) is 1.92. The molecule has 1 fully saturated rings. The van der Waals surface area contributed by atoms with Crippen molar-refractivity contribution in [1.29, 1.82) is 0 Å². The van der Waals surface area contributed by atoms with E-state index in [4.69, 9.17) is 0 Å². The van der Waals surface area contributed by atoms with Crippen molar-refractivity contribution in [3.63, 3.8) is 0 Å². The molecule has 0 saturated carbocycles. The molecule has 38 heavy (non-hydrogen) atoms. The van der Waals surface area contributed by atoms with Crippen LogP contribution in [0.25, 0.3) is 6.08 Å². The van der Waals surface area contributed by atoms with Gasteiger partial charge in [0.15, 0.2) is 17.4 Å². The highest BCUT2D eigenvalue weighted by Crippen LogP contribution is 2.40. The molecule has 2 aliphatic heterocycles. The first-order valence-electron chi connectivity index (χ1n) is 12.1. The van der Waals surface area contributed by atoms with Gasteiger partial charge in [0.25, 0.3) is 5.91 Å². The summed E-state index contributed by atoms with van der Waals surface area (Å²) in [7, 11) is 0. The SMILES string of the molecule is O=C(c1ccc(N2CC=Cc3ccccc32)c(OC(F)(F)F)c1)N1CCN(Cc2cccc(F)c2F)CC1. The van der Waals surface area contributed by atoms with Crippen LogP contribution in [-0.4, -0.2) is 54.8 Å². The van der Waals surface area contributed by atoms with Crippen LogP contribution in [0.1, 0.15) is 21.5 Å². The zero-order chi connectivity index (χ0) is 26.9. The van der Waals surface area contributed by atoms with Gasteiger partial charge >= 0.3 is 6.36 Å². The molecule has 10 heteroatoms. The number of amides is 1. The number of hydrogen-bond acceptors (Lipinski definition) is 4. The van der Waals surface area contributed by atoms with Gasteiger partial charge in [-0.1, -0.05) is 42.5 Å². The van der Waals surface area contributed by atoms with Crippen LogP contribution >= 0.6 is 0 Å². The van der Waals surface area contributed by atoms with Gasteiger partial charge in [0.05, 0.1) is 5.69 Å². The number of halogens is 5. The molecule has 3 aromatic rings. The Labute approximate surface area is 216 Å². The van der Waals surface area contributed by atoms with Crippen molar-refractivity contribution in [2.75, 3.05) is 37.6 Å². The van der Waals surface area contributed by atoms with Gasteiger partial charge in [-0.3, -0.25) is 9.69 Å². The van der Waals surface area contributed by atoms with Crippen LogP contribution in [0.15, 0.2) is 66.7 Å². The second kappa shape index (κ2) is 10.4. The van der Waals surface area contributed by atoms with Crippen LogP contribution in [-0.2, 0) is 6.54 Å². The largest absolute Gasteiger partial charge is 0.573 e. The van der Waals surface area contributed by atoms with Crippen molar-refractivity contribution in [2.45, 2.75) is 12.9 Å². The number of benzene rings is 3. The number of fused-ring (bicyclic) bond motifs is 1. The number of anilines is 2. The third-order valence-electron chi connectivity index (χ3n) is 6.62. The molecule has 0 N–H and O–H groups in total. The van der Waals surface area contributed by atoms with Crippen molar-refractivity contribution in [1.82, 2.24) is 9.80 Å². The van der Waals surface area contributed by atoms with E-state index in [-0.39, 0.29) is 36.4 Å². The molecule has 2 aliphatic rings. The minimum absolute atomic E-state index is 0.0680. The lowest BCUT2D eigenvalue weighted by Crippen LogP contribution is -2.48. The standard InChI is InChI=1S/C28H24F5N3O2/c29-22-8-3-6-21(26(22)30)18-34-13-15-35(16-14-34)27(37)20-10-11-24(25(17-20)38-28(31,32)33)36-12-4-7-19-5-1-2-9-23(19)36/h1-11,17H,12-16,18H2. The maximum atomic E-state index is 14.0. The Morgan fingerprint density at radius 3 is 2.42 bits per heavy atom. The van der Waals surface area contributed by atoms with Crippen molar-refractivity contribution < 1.29 is 31.5 Å². The normalized spacial score (nSPS) is 15.9. The molecule has 5 rings (SSSR count). The quantitative estimate of drug-likeness (QED) is 0.381. The van der Waals surface area contributed by atoms with Crippen molar-refractivity contribution in [3.8, 4) is 5.75 Å². The first-order valence-corrected chi connectivity index (χ1v) is 12.1. The Hall–Kier alpha value is -3.92. The molecule has 0 spiro atoms. The molecule has 2 heterocycles. The van der Waals surface area contributed by atoms with Gasteiger partial charge in [0.1, 0.15) is 0 Å². The molecule has 198 valence electrons. The maximum Gasteiger partial charge on any atom is 0.573 e. The fourth-order valence-electron chi connectivity index (χ4n) is 4.77. The first-order chi connectivity index (χ1) is 18.2. The predicted octanol–water partition coefficient (Wildman–Crippen LogP) is 5.99. The van der Waals surface area contributed by atoms with E-state index in [2.05, 4.69) is 4.74 Å². The monoisotopic (exact) mass is 529 g/mol. The Balaban J connectivity index is 1.33. The maximum absolute atomic E-state index is 14.0. The van der Waals surface area contributed by atoms with Crippen LogP contribution < -0.4 is 9.64 Å². The van der Waals surface area contributed by atoms with E-state index < -0.39 is 29.7 Å². The van der Waals surface area contributed by atoms with Crippen LogP contribution in [0.5, 0.6) is 5.75 Å². The van der Waals surface area contributed by atoms with Crippen LogP contribution in [0.3, 0.4) is 0 Å². The molecular weight excluding hydrogens is 505 g/mol. The van der Waals surface area contributed by atoms with E-state index >= 15 is 0 Å². The molecule has 0 unspecified atom stereocenters. The number of rotatable bonds is 5. The summed E-state index contributed by atoms with van der Waals surface area (Å²) in [5, 5.41) is 0. The zero-order valence-electron chi connectivity index (χ0n) is 20.2. The molecular formula is C28H24F5N3O2. The van der Waals surface area contributed by atoms with E-state index in [0.29, 0.717) is 19.6 Å². The fraction of sp³-hybridized carbons (Fsp3) is 0.250. The first kappa shape index (κ1) is 25.7. The molecule has 1 saturated heterocycles. The minimum atomic E-state index is -4.95. The topological polar surface area (TPSA) is 36.0 Å². The highest BCUT2D eigenvalue weighted by Gasteiger charge is 2.34. The Bertz CT molecular complexity index is 1370. The van der Waals surface area contributed by atoms with Gasteiger partial charge in [0.2, 0.25) is 0 Å². The summed E-state index contributed by atoms with van der Waals surface area (Å²) in [5.41, 5.74) is 2.07. The average Bonchev–Trinajstić information content (AvgIpc) is 2.90. The molecule has 0 atom stereocenters. The van der Waals surface area contributed by atoms with Gasteiger partial charge in [-0.2, -0.15) is 0 Å². The number of para-hydroxylation sites is 1. The average molecular weight is 530 g/mol. The highest BCUT2D eigenvalue weighted by atomic mass is 19.4. The third kappa shape index (κ3) is 5.50. The summed E-state index contributed by atoms with van der Waals surface area (Å²) < 4.78 is 71.9. The number of alkyl halides is 3. The van der Waals surface area contributed by atoms with Gasteiger partial charge in [-0.25, -0.2) is 8.78 Å². The van der Waals surface area contributed by atoms with Gasteiger partial charge in [-0.15, -0.1) is 13.2 Å². The Kier molecular flexibility index (Phi) is 7.07. The molecule has 0 aliphatic carbocycles. The van der Waals surface area contributed by atoms with Crippen LogP contribution in [0.2, 0.25) is 0 Å². The number of ether oxygens (including phenoxy) is 1. The van der Waals surface area contributed by atoms with E-state index in [1.54, 1.807) is 11.0 Å². The smallest absolute Gasteiger partial charge is 0.404 e. The highest BCUT2D eigenvalue weighted by molar-refractivity contribution is 5.96. The molecule has 5 nitrogen and oxygen atoms in total. The van der Waals surface area contributed by atoms with E-state index in [9.17, 15) is 26.7 Å². The van der Waals surface area contributed by atoms with Crippen molar-refractivity contribution >= 4 is 23.4 Å². The summed E-state index contributed by atoms with van der Waals surface area (Å²) >= 11 is 0. The molecule has 1 amide bonds.